The molecule has 0 aromatic carbocycles. The molecule has 0 bridgehead atoms. The molecule has 0 N–H and O–H groups in total. The number of piperazine rings is 1. The molecule has 0 aromatic heterocycles. The van der Waals surface area contributed by atoms with Crippen LogP contribution < -0.4 is 0 Å². The first-order chi connectivity index (χ1) is 8.58. The number of nitrogens with zero attached hydrogens (tertiary/aromatic N) is 2. The van der Waals surface area contributed by atoms with Crippen molar-refractivity contribution in [3.05, 3.63) is 0 Å². The van der Waals surface area contributed by atoms with E-state index in [9.17, 15) is 9.59 Å². The Kier molecular flexibility index (Phi) is 2.65. The summed E-state index contributed by atoms with van der Waals surface area (Å²) in [5, 5.41) is 0. The Labute approximate surface area is 108 Å². The highest BCUT2D eigenvalue weighted by Crippen LogP contribution is 2.45. The van der Waals surface area contributed by atoms with Crippen LogP contribution >= 0.6 is 0 Å². The van der Waals surface area contributed by atoms with E-state index in [0.29, 0.717) is 0 Å². The third-order valence-corrected chi connectivity index (χ3v) is 4.85. The summed E-state index contributed by atoms with van der Waals surface area (Å²) in [6, 6.07) is -0.370. The van der Waals surface area contributed by atoms with Gasteiger partial charge in [0.25, 0.3) is 0 Å². The minimum absolute atomic E-state index is 0.0308. The van der Waals surface area contributed by atoms with E-state index in [1.54, 1.807) is 0 Å². The molecule has 4 heteroatoms. The maximum atomic E-state index is 12.7. The summed E-state index contributed by atoms with van der Waals surface area (Å²) in [5.74, 6) is 0.399. The van der Waals surface area contributed by atoms with Crippen molar-refractivity contribution in [2.45, 2.75) is 70.0 Å². The molecule has 4 nitrogen and oxygen atoms in total. The van der Waals surface area contributed by atoms with Gasteiger partial charge in [-0.1, -0.05) is 6.92 Å². The van der Waals surface area contributed by atoms with E-state index in [1.165, 1.54) is 0 Å². The lowest BCUT2D eigenvalue weighted by atomic mass is 9.93. The fourth-order valence-corrected chi connectivity index (χ4v) is 3.49. The predicted octanol–water partition coefficient (Wildman–Crippen LogP) is 1.54. The maximum Gasteiger partial charge on any atom is 0.246 e. The molecule has 1 aliphatic carbocycles. The van der Waals surface area contributed by atoms with Gasteiger partial charge >= 0.3 is 0 Å². The van der Waals surface area contributed by atoms with E-state index in [2.05, 4.69) is 6.92 Å². The lowest BCUT2D eigenvalue weighted by Gasteiger charge is -2.49. The van der Waals surface area contributed by atoms with Crippen molar-refractivity contribution in [3.63, 3.8) is 0 Å². The molecule has 2 saturated heterocycles. The number of fused-ring (bicyclic) bond motifs is 1. The smallest absolute Gasteiger partial charge is 0.246 e. The van der Waals surface area contributed by atoms with E-state index >= 15 is 0 Å². The van der Waals surface area contributed by atoms with Crippen LogP contribution in [-0.2, 0) is 9.59 Å². The Morgan fingerprint density at radius 2 is 1.94 bits per heavy atom. The Hall–Kier alpha value is -1.06. The van der Waals surface area contributed by atoms with Gasteiger partial charge in [0, 0.05) is 12.1 Å². The van der Waals surface area contributed by atoms with E-state index < -0.39 is 0 Å². The average molecular weight is 250 g/mol. The highest BCUT2D eigenvalue weighted by molar-refractivity contribution is 5.97. The predicted molar refractivity (Wildman–Crippen MR) is 67.9 cm³/mol. The lowest BCUT2D eigenvalue weighted by molar-refractivity contribution is -0.167. The molecule has 2 atom stereocenters. The Balaban J connectivity index is 1.94. The molecular weight excluding hydrogens is 228 g/mol. The van der Waals surface area contributed by atoms with Gasteiger partial charge in [-0.3, -0.25) is 9.59 Å². The quantitative estimate of drug-likeness (QED) is 0.746. The molecule has 0 radical (unpaired) electrons. The molecular formula is C14H22N2O2. The molecule has 3 rings (SSSR count). The van der Waals surface area contributed by atoms with Crippen LogP contribution in [0.5, 0.6) is 0 Å². The summed E-state index contributed by atoms with van der Waals surface area (Å²) in [7, 11) is 0. The van der Waals surface area contributed by atoms with Gasteiger partial charge in [-0.25, -0.2) is 0 Å². The van der Waals surface area contributed by atoms with Crippen LogP contribution in [0.1, 0.15) is 52.4 Å². The molecule has 18 heavy (non-hydrogen) atoms. The van der Waals surface area contributed by atoms with Crippen LogP contribution in [0.25, 0.3) is 0 Å². The standard InChI is InChI=1S/C14H22N2O2/c1-3-10-12(17)15-9-5-4-6-11(15)13(18)16(10)14(2)7-8-14/h10-11H,3-9H2,1-2H3. The Bertz CT molecular complexity index is 389. The van der Waals surface area contributed by atoms with Crippen LogP contribution in [0.2, 0.25) is 0 Å². The van der Waals surface area contributed by atoms with Gasteiger partial charge in [-0.05, 0) is 45.4 Å². The first-order valence-electron chi connectivity index (χ1n) is 7.22. The number of carbonyl (C=O) groups is 2. The van der Waals surface area contributed by atoms with Crippen LogP contribution in [0, 0.1) is 0 Å². The minimum atomic E-state index is -0.209. The van der Waals surface area contributed by atoms with E-state index in [0.717, 1.165) is 45.1 Å². The van der Waals surface area contributed by atoms with Crippen molar-refractivity contribution < 1.29 is 9.59 Å². The monoisotopic (exact) mass is 250 g/mol. The highest BCUT2D eigenvalue weighted by atomic mass is 16.2. The zero-order chi connectivity index (χ0) is 12.9. The highest BCUT2D eigenvalue weighted by Gasteiger charge is 2.55. The second-order valence-electron chi connectivity index (χ2n) is 6.17. The van der Waals surface area contributed by atoms with Crippen molar-refractivity contribution in [2.24, 2.45) is 0 Å². The summed E-state index contributed by atoms with van der Waals surface area (Å²) in [5.41, 5.74) is -0.0308. The fraction of sp³-hybridized carbons (Fsp3) is 0.857. The number of carbonyl (C=O) groups excluding carboxylic acids is 2. The Morgan fingerprint density at radius 1 is 1.22 bits per heavy atom. The molecule has 3 fully saturated rings. The van der Waals surface area contributed by atoms with E-state index in [-0.39, 0.29) is 29.4 Å². The number of hydrogen-bond acceptors (Lipinski definition) is 2. The van der Waals surface area contributed by atoms with Crippen molar-refractivity contribution in [3.8, 4) is 0 Å². The molecule has 2 amide bonds. The number of hydrogen-bond donors (Lipinski definition) is 0. The normalized spacial score (nSPS) is 34.6. The molecule has 2 heterocycles. The third-order valence-electron chi connectivity index (χ3n) is 4.85. The van der Waals surface area contributed by atoms with Gasteiger partial charge < -0.3 is 9.80 Å². The van der Waals surface area contributed by atoms with Gasteiger partial charge in [0.15, 0.2) is 0 Å². The SMILES string of the molecule is CCC1C(=O)N2CCCCC2C(=O)N1C1(C)CC1. The van der Waals surface area contributed by atoms with Gasteiger partial charge in [0.2, 0.25) is 11.8 Å². The number of rotatable bonds is 2. The molecule has 2 aliphatic heterocycles. The van der Waals surface area contributed by atoms with Gasteiger partial charge in [-0.2, -0.15) is 0 Å². The van der Waals surface area contributed by atoms with Crippen LogP contribution in [0.3, 0.4) is 0 Å². The largest absolute Gasteiger partial charge is 0.329 e. The van der Waals surface area contributed by atoms with Crippen LogP contribution in [0.15, 0.2) is 0 Å². The molecule has 1 saturated carbocycles. The topological polar surface area (TPSA) is 40.6 Å². The molecule has 3 aliphatic rings. The molecule has 100 valence electrons. The van der Waals surface area contributed by atoms with E-state index in [1.807, 2.05) is 16.7 Å². The molecule has 2 unspecified atom stereocenters. The van der Waals surface area contributed by atoms with Gasteiger partial charge in [0.1, 0.15) is 12.1 Å². The lowest BCUT2D eigenvalue weighted by Crippen LogP contribution is -2.67. The number of piperidine rings is 1. The van der Waals surface area contributed by atoms with Crippen molar-refractivity contribution >= 4 is 11.8 Å². The number of amides is 2. The van der Waals surface area contributed by atoms with Gasteiger partial charge in [-0.15, -0.1) is 0 Å². The molecule has 0 aromatic rings. The summed E-state index contributed by atoms with van der Waals surface area (Å²) < 4.78 is 0. The zero-order valence-corrected chi connectivity index (χ0v) is 11.3. The van der Waals surface area contributed by atoms with Crippen molar-refractivity contribution in [1.82, 2.24) is 9.80 Å². The van der Waals surface area contributed by atoms with Crippen molar-refractivity contribution in [1.29, 1.82) is 0 Å². The minimum Gasteiger partial charge on any atom is -0.329 e. The fourth-order valence-electron chi connectivity index (χ4n) is 3.49. The summed E-state index contributed by atoms with van der Waals surface area (Å²) in [6.07, 6.45) is 5.81. The molecule has 0 spiro atoms. The van der Waals surface area contributed by atoms with Crippen molar-refractivity contribution in [2.75, 3.05) is 6.54 Å². The third kappa shape index (κ3) is 1.57. The summed E-state index contributed by atoms with van der Waals surface area (Å²) in [4.78, 5) is 29.0. The Morgan fingerprint density at radius 3 is 2.56 bits per heavy atom. The maximum absolute atomic E-state index is 12.7. The van der Waals surface area contributed by atoms with E-state index in [4.69, 9.17) is 0 Å². The van der Waals surface area contributed by atoms with Crippen LogP contribution in [0.4, 0.5) is 0 Å². The second-order valence-corrected chi connectivity index (χ2v) is 6.17. The first kappa shape index (κ1) is 12.0. The first-order valence-corrected chi connectivity index (χ1v) is 7.22. The van der Waals surface area contributed by atoms with Crippen LogP contribution in [-0.4, -0.2) is 45.8 Å². The van der Waals surface area contributed by atoms with Gasteiger partial charge in [0.05, 0.1) is 0 Å². The average Bonchev–Trinajstić information content (AvgIpc) is 3.12. The zero-order valence-electron chi connectivity index (χ0n) is 11.3. The second kappa shape index (κ2) is 3.97. The summed E-state index contributed by atoms with van der Waals surface area (Å²) in [6.45, 7) is 4.91. The summed E-state index contributed by atoms with van der Waals surface area (Å²) >= 11 is 0.